The Kier molecular flexibility index (Phi) is 5.87. The fraction of sp³-hybridized carbons (Fsp3) is 0.310. The van der Waals surface area contributed by atoms with Gasteiger partial charge >= 0.3 is 0 Å². The topological polar surface area (TPSA) is 57.6 Å². The summed E-state index contributed by atoms with van der Waals surface area (Å²) in [5.74, 6) is -1.28. The van der Waals surface area contributed by atoms with Crippen LogP contribution >= 0.6 is 0 Å². The first-order chi connectivity index (χ1) is 15.6. The largest absolute Gasteiger partial charge is 0.507 e. The maximum atomic E-state index is 13.3. The van der Waals surface area contributed by atoms with E-state index in [-0.39, 0.29) is 16.7 Å². The van der Waals surface area contributed by atoms with Crippen molar-refractivity contribution in [3.63, 3.8) is 0 Å². The molecule has 0 bridgehead atoms. The van der Waals surface area contributed by atoms with Gasteiger partial charge < -0.3 is 10.0 Å². The van der Waals surface area contributed by atoms with Crippen molar-refractivity contribution in [2.24, 2.45) is 0 Å². The molecule has 1 fully saturated rings. The number of aryl methyl sites for hydroxylation is 1. The summed E-state index contributed by atoms with van der Waals surface area (Å²) in [4.78, 5) is 28.0. The zero-order chi connectivity index (χ0) is 23.9. The maximum Gasteiger partial charge on any atom is 0.295 e. The van der Waals surface area contributed by atoms with Crippen LogP contribution in [0.3, 0.4) is 0 Å². The van der Waals surface area contributed by atoms with Gasteiger partial charge in [-0.15, -0.1) is 0 Å². The van der Waals surface area contributed by atoms with E-state index in [0.29, 0.717) is 18.5 Å². The number of hydrogen-bond acceptors (Lipinski definition) is 3. The summed E-state index contributed by atoms with van der Waals surface area (Å²) in [6.07, 6.45) is 0.715. The number of carbonyl (C=O) groups excluding carboxylic acids is 2. The summed E-state index contributed by atoms with van der Waals surface area (Å²) in [6.45, 7) is 10.7. The molecule has 3 aromatic rings. The van der Waals surface area contributed by atoms with E-state index >= 15 is 0 Å². The number of ketones is 1. The maximum absolute atomic E-state index is 13.3. The van der Waals surface area contributed by atoms with Crippen LogP contribution in [0.1, 0.15) is 62.4 Å². The molecule has 1 heterocycles. The lowest BCUT2D eigenvalue weighted by atomic mass is 9.84. The number of aliphatic hydroxyl groups is 1. The van der Waals surface area contributed by atoms with Crippen LogP contribution in [0.4, 0.5) is 0 Å². The van der Waals surface area contributed by atoms with Gasteiger partial charge in [0.2, 0.25) is 0 Å². The van der Waals surface area contributed by atoms with Gasteiger partial charge in [0.25, 0.3) is 11.7 Å². The lowest BCUT2D eigenvalue weighted by Gasteiger charge is -2.26. The number of likely N-dealkylation sites (tertiary alicyclic amines) is 1. The highest BCUT2D eigenvalue weighted by atomic mass is 16.3. The predicted molar refractivity (Wildman–Crippen MR) is 133 cm³/mol. The molecule has 170 valence electrons. The third-order valence-corrected chi connectivity index (χ3v) is 6.48. The molecular formula is C29H31NO3. The van der Waals surface area contributed by atoms with Crippen LogP contribution in [-0.2, 0) is 15.0 Å². The molecule has 1 N–H and O–H groups in total. The van der Waals surface area contributed by atoms with E-state index in [2.05, 4.69) is 20.8 Å². The van der Waals surface area contributed by atoms with Crippen molar-refractivity contribution in [3.05, 3.63) is 88.5 Å². The Morgan fingerprint density at radius 3 is 2.39 bits per heavy atom. The fourth-order valence-corrected chi connectivity index (χ4v) is 4.65. The molecule has 1 amide bonds. The molecule has 4 rings (SSSR count). The van der Waals surface area contributed by atoms with Gasteiger partial charge in [-0.2, -0.15) is 0 Å². The standard InChI is InChI=1S/C29H31NO3/c1-6-16-30-25(22-13-9-11-19-10-7-8-12-21(19)22)24(27(32)28(30)33)26(31)23-17-20(29(3,4)5)15-14-18(23)2/h7-15,17,25,31H,6,16H2,1-5H3/b26-24+. The first-order valence-electron chi connectivity index (χ1n) is 11.5. The molecule has 3 aromatic carbocycles. The molecule has 1 aliphatic rings. The molecule has 1 atom stereocenters. The zero-order valence-corrected chi connectivity index (χ0v) is 20.0. The monoisotopic (exact) mass is 441 g/mol. The number of benzene rings is 3. The van der Waals surface area contributed by atoms with Gasteiger partial charge in [0, 0.05) is 12.1 Å². The highest BCUT2D eigenvalue weighted by Crippen LogP contribution is 2.42. The minimum absolute atomic E-state index is 0.103. The Labute approximate surface area is 195 Å². The summed E-state index contributed by atoms with van der Waals surface area (Å²) in [7, 11) is 0. The second-order valence-electron chi connectivity index (χ2n) is 9.84. The number of rotatable bonds is 4. The molecule has 0 radical (unpaired) electrons. The number of fused-ring (bicyclic) bond motifs is 1. The van der Waals surface area contributed by atoms with Crippen molar-refractivity contribution in [2.45, 2.75) is 52.5 Å². The Balaban J connectivity index is 2.00. The summed E-state index contributed by atoms with van der Waals surface area (Å²) in [5, 5.41) is 13.6. The fourth-order valence-electron chi connectivity index (χ4n) is 4.65. The first-order valence-corrected chi connectivity index (χ1v) is 11.5. The number of aliphatic hydroxyl groups excluding tert-OH is 1. The lowest BCUT2D eigenvalue weighted by molar-refractivity contribution is -0.139. The molecule has 1 aliphatic heterocycles. The van der Waals surface area contributed by atoms with Gasteiger partial charge in [0.15, 0.2) is 0 Å². The quantitative estimate of drug-likeness (QED) is 0.295. The average Bonchev–Trinajstić information content (AvgIpc) is 3.03. The highest BCUT2D eigenvalue weighted by Gasteiger charge is 2.46. The van der Waals surface area contributed by atoms with E-state index in [9.17, 15) is 14.7 Å². The van der Waals surface area contributed by atoms with Crippen LogP contribution in [0, 0.1) is 6.92 Å². The van der Waals surface area contributed by atoms with Crippen LogP contribution in [0.15, 0.2) is 66.2 Å². The van der Waals surface area contributed by atoms with E-state index in [4.69, 9.17) is 0 Å². The van der Waals surface area contributed by atoms with Gasteiger partial charge in [0.05, 0.1) is 11.6 Å². The van der Waals surface area contributed by atoms with Crippen molar-refractivity contribution in [2.75, 3.05) is 6.54 Å². The van der Waals surface area contributed by atoms with Gasteiger partial charge in [-0.25, -0.2) is 0 Å². The minimum Gasteiger partial charge on any atom is -0.507 e. The van der Waals surface area contributed by atoms with Crippen molar-refractivity contribution < 1.29 is 14.7 Å². The normalized spacial score (nSPS) is 18.3. The van der Waals surface area contributed by atoms with Gasteiger partial charge in [-0.3, -0.25) is 9.59 Å². The van der Waals surface area contributed by atoms with Gasteiger partial charge in [0.1, 0.15) is 5.76 Å². The number of hydrogen-bond donors (Lipinski definition) is 1. The van der Waals surface area contributed by atoms with E-state index < -0.39 is 17.7 Å². The Hall–Kier alpha value is -3.40. The molecule has 0 saturated carbocycles. The Morgan fingerprint density at radius 2 is 1.70 bits per heavy atom. The summed E-state index contributed by atoms with van der Waals surface area (Å²) in [6, 6.07) is 19.2. The molecule has 1 saturated heterocycles. The van der Waals surface area contributed by atoms with Gasteiger partial charge in [-0.05, 0) is 52.3 Å². The second-order valence-corrected chi connectivity index (χ2v) is 9.84. The first kappa shape index (κ1) is 22.8. The van der Waals surface area contributed by atoms with E-state index in [1.807, 2.05) is 74.5 Å². The van der Waals surface area contributed by atoms with E-state index in [0.717, 1.165) is 27.5 Å². The molecule has 0 aliphatic carbocycles. The van der Waals surface area contributed by atoms with E-state index in [1.54, 1.807) is 4.90 Å². The summed E-state index contributed by atoms with van der Waals surface area (Å²) < 4.78 is 0. The Bertz CT molecular complexity index is 1270. The minimum atomic E-state index is -0.631. The van der Waals surface area contributed by atoms with Crippen molar-refractivity contribution >= 4 is 28.2 Å². The number of nitrogens with zero attached hydrogens (tertiary/aromatic N) is 1. The predicted octanol–water partition coefficient (Wildman–Crippen LogP) is 6.28. The second kappa shape index (κ2) is 8.51. The SMILES string of the molecule is CCCN1C(=O)C(=O)/C(=C(/O)c2cc(C(C)(C)C)ccc2C)C1c1cccc2ccccc12. The molecule has 33 heavy (non-hydrogen) atoms. The van der Waals surface area contributed by atoms with Crippen molar-refractivity contribution in [1.29, 1.82) is 0 Å². The van der Waals surface area contributed by atoms with Crippen LogP contribution < -0.4 is 0 Å². The zero-order valence-electron chi connectivity index (χ0n) is 20.0. The molecule has 0 aromatic heterocycles. The summed E-state index contributed by atoms with van der Waals surface area (Å²) >= 11 is 0. The molecule has 1 unspecified atom stereocenters. The van der Waals surface area contributed by atoms with Crippen molar-refractivity contribution in [1.82, 2.24) is 4.90 Å². The van der Waals surface area contributed by atoms with Crippen LogP contribution in [0.2, 0.25) is 0 Å². The third kappa shape index (κ3) is 3.95. The number of Topliss-reactive ketones (excluding diaryl/α,β-unsaturated/α-hetero) is 1. The summed E-state index contributed by atoms with van der Waals surface area (Å²) in [5.41, 5.74) is 3.41. The smallest absolute Gasteiger partial charge is 0.295 e. The van der Waals surface area contributed by atoms with Crippen LogP contribution in [0.25, 0.3) is 16.5 Å². The number of carbonyl (C=O) groups is 2. The van der Waals surface area contributed by atoms with E-state index in [1.165, 1.54) is 0 Å². The average molecular weight is 442 g/mol. The van der Waals surface area contributed by atoms with Gasteiger partial charge in [-0.1, -0.05) is 82.3 Å². The molecule has 4 nitrogen and oxygen atoms in total. The molecule has 0 spiro atoms. The highest BCUT2D eigenvalue weighted by molar-refractivity contribution is 6.46. The lowest BCUT2D eigenvalue weighted by Crippen LogP contribution is -2.30. The van der Waals surface area contributed by atoms with Crippen molar-refractivity contribution in [3.8, 4) is 0 Å². The number of amides is 1. The molecular weight excluding hydrogens is 410 g/mol. The third-order valence-electron chi connectivity index (χ3n) is 6.48. The Morgan fingerprint density at radius 1 is 1.00 bits per heavy atom. The van der Waals surface area contributed by atoms with Crippen LogP contribution in [-0.4, -0.2) is 28.2 Å². The van der Waals surface area contributed by atoms with Crippen LogP contribution in [0.5, 0.6) is 0 Å². The molecule has 4 heteroatoms.